The summed E-state index contributed by atoms with van der Waals surface area (Å²) in [6.45, 7) is 2.59. The molecule has 2 N–H and O–H groups in total. The molecule has 2 saturated heterocycles. The van der Waals surface area contributed by atoms with Crippen molar-refractivity contribution >= 4 is 0 Å². The third-order valence-electron chi connectivity index (χ3n) is 5.31. The number of rotatable bonds is 4. The summed E-state index contributed by atoms with van der Waals surface area (Å²) in [5, 5.41) is 13.2. The van der Waals surface area contributed by atoms with E-state index in [2.05, 4.69) is 5.32 Å². The molecule has 0 amide bonds. The van der Waals surface area contributed by atoms with Crippen LogP contribution in [0.25, 0.3) is 0 Å². The molecule has 110 valence electrons. The molecular formula is C15H27NO3. The maximum Gasteiger partial charge on any atom is 0.0708 e. The van der Waals surface area contributed by atoms with Crippen LogP contribution in [0, 0.1) is 0 Å². The van der Waals surface area contributed by atoms with Crippen molar-refractivity contribution in [1.29, 1.82) is 0 Å². The minimum Gasteiger partial charge on any atom is -0.394 e. The molecule has 1 spiro atoms. The first kappa shape index (κ1) is 13.8. The van der Waals surface area contributed by atoms with E-state index in [9.17, 15) is 5.11 Å². The van der Waals surface area contributed by atoms with Gasteiger partial charge in [-0.2, -0.15) is 0 Å². The van der Waals surface area contributed by atoms with Crippen molar-refractivity contribution in [2.24, 2.45) is 0 Å². The Hall–Kier alpha value is -0.160. The molecule has 0 aromatic heterocycles. The molecule has 3 fully saturated rings. The standard InChI is InChI=1S/C15H27NO3/c17-12-14(7-9-18-10-8-14)16-11-13-3-6-15(19-13)4-1-2-5-15/h13,16-17H,1-12H2. The van der Waals surface area contributed by atoms with Crippen LogP contribution in [0.4, 0.5) is 0 Å². The molecule has 3 aliphatic rings. The fourth-order valence-electron chi connectivity index (χ4n) is 3.91. The van der Waals surface area contributed by atoms with E-state index in [1.54, 1.807) is 0 Å². The maximum atomic E-state index is 9.66. The third kappa shape index (κ3) is 2.97. The topological polar surface area (TPSA) is 50.7 Å². The fourth-order valence-corrected chi connectivity index (χ4v) is 3.91. The number of ether oxygens (including phenoxy) is 2. The highest BCUT2D eigenvalue weighted by molar-refractivity contribution is 4.95. The van der Waals surface area contributed by atoms with Gasteiger partial charge in [-0.25, -0.2) is 0 Å². The van der Waals surface area contributed by atoms with E-state index in [0.717, 1.165) is 32.6 Å². The van der Waals surface area contributed by atoms with Crippen molar-refractivity contribution in [2.75, 3.05) is 26.4 Å². The molecule has 19 heavy (non-hydrogen) atoms. The minimum absolute atomic E-state index is 0.132. The van der Waals surface area contributed by atoms with Crippen molar-refractivity contribution in [2.45, 2.75) is 68.6 Å². The zero-order valence-corrected chi connectivity index (χ0v) is 11.8. The van der Waals surface area contributed by atoms with Gasteiger partial charge in [0.05, 0.1) is 18.3 Å². The summed E-state index contributed by atoms with van der Waals surface area (Å²) in [6, 6.07) is 0. The first-order valence-corrected chi connectivity index (χ1v) is 7.87. The van der Waals surface area contributed by atoms with Gasteiger partial charge in [0.2, 0.25) is 0 Å². The lowest BCUT2D eigenvalue weighted by Crippen LogP contribution is -2.54. The lowest BCUT2D eigenvalue weighted by atomic mass is 9.90. The average Bonchev–Trinajstić information content (AvgIpc) is 3.08. The Labute approximate surface area is 115 Å². The largest absolute Gasteiger partial charge is 0.394 e. The average molecular weight is 269 g/mol. The number of aliphatic hydroxyl groups excluding tert-OH is 1. The second kappa shape index (κ2) is 5.68. The Kier molecular flexibility index (Phi) is 4.13. The van der Waals surface area contributed by atoms with Crippen LogP contribution in [-0.2, 0) is 9.47 Å². The Morgan fingerprint density at radius 1 is 1.05 bits per heavy atom. The maximum absolute atomic E-state index is 9.66. The Balaban J connectivity index is 1.49. The molecule has 4 heteroatoms. The van der Waals surface area contributed by atoms with E-state index in [-0.39, 0.29) is 17.7 Å². The molecule has 1 saturated carbocycles. The number of hydrogen-bond donors (Lipinski definition) is 2. The van der Waals surface area contributed by atoms with Crippen LogP contribution in [-0.4, -0.2) is 48.7 Å². The predicted octanol–water partition coefficient (Wildman–Crippen LogP) is 1.61. The number of hydrogen-bond acceptors (Lipinski definition) is 4. The minimum atomic E-state index is -0.132. The lowest BCUT2D eigenvalue weighted by Gasteiger charge is -2.37. The van der Waals surface area contributed by atoms with Crippen LogP contribution in [0.2, 0.25) is 0 Å². The SMILES string of the molecule is OCC1(NCC2CCC3(CCCC3)O2)CCOCC1. The van der Waals surface area contributed by atoms with Gasteiger partial charge in [0.15, 0.2) is 0 Å². The summed E-state index contributed by atoms with van der Waals surface area (Å²) in [5.74, 6) is 0. The molecule has 1 atom stereocenters. The highest BCUT2D eigenvalue weighted by Gasteiger charge is 2.42. The molecular weight excluding hydrogens is 242 g/mol. The highest BCUT2D eigenvalue weighted by Crippen LogP contribution is 2.43. The third-order valence-corrected chi connectivity index (χ3v) is 5.31. The Morgan fingerprint density at radius 3 is 2.47 bits per heavy atom. The lowest BCUT2D eigenvalue weighted by molar-refractivity contribution is -0.0448. The zero-order chi connectivity index (χ0) is 13.2. The molecule has 1 unspecified atom stereocenters. The molecule has 2 aliphatic heterocycles. The summed E-state index contributed by atoms with van der Waals surface area (Å²) in [5.41, 5.74) is 0.0848. The van der Waals surface area contributed by atoms with Crippen molar-refractivity contribution < 1.29 is 14.6 Å². The summed E-state index contributed by atoms with van der Waals surface area (Å²) in [7, 11) is 0. The normalized spacial score (nSPS) is 33.0. The fraction of sp³-hybridized carbons (Fsp3) is 1.00. The van der Waals surface area contributed by atoms with Gasteiger partial charge < -0.3 is 19.9 Å². The van der Waals surface area contributed by atoms with E-state index in [1.165, 1.54) is 38.5 Å². The first-order chi connectivity index (χ1) is 9.26. The summed E-state index contributed by atoms with van der Waals surface area (Å²) < 4.78 is 11.7. The quantitative estimate of drug-likeness (QED) is 0.814. The van der Waals surface area contributed by atoms with Gasteiger partial charge in [-0.3, -0.25) is 0 Å². The molecule has 1 aliphatic carbocycles. The molecule has 0 aromatic rings. The molecule has 2 heterocycles. The van der Waals surface area contributed by atoms with Gasteiger partial charge in [-0.05, 0) is 38.5 Å². The van der Waals surface area contributed by atoms with Gasteiger partial charge in [0, 0.05) is 25.3 Å². The Morgan fingerprint density at radius 2 is 1.79 bits per heavy atom. The highest BCUT2D eigenvalue weighted by atomic mass is 16.5. The van der Waals surface area contributed by atoms with Gasteiger partial charge in [0.25, 0.3) is 0 Å². The van der Waals surface area contributed by atoms with Crippen LogP contribution >= 0.6 is 0 Å². The summed E-state index contributed by atoms with van der Waals surface area (Å²) in [6.07, 6.45) is 9.72. The predicted molar refractivity (Wildman–Crippen MR) is 73.2 cm³/mol. The van der Waals surface area contributed by atoms with Crippen LogP contribution < -0.4 is 5.32 Å². The summed E-state index contributed by atoms with van der Waals surface area (Å²) >= 11 is 0. The smallest absolute Gasteiger partial charge is 0.0708 e. The van der Waals surface area contributed by atoms with Gasteiger partial charge in [-0.1, -0.05) is 12.8 Å². The van der Waals surface area contributed by atoms with Gasteiger partial charge >= 0.3 is 0 Å². The van der Waals surface area contributed by atoms with Crippen molar-refractivity contribution in [3.8, 4) is 0 Å². The second-order valence-corrected chi connectivity index (χ2v) is 6.60. The summed E-state index contributed by atoms with van der Waals surface area (Å²) in [4.78, 5) is 0. The first-order valence-electron chi connectivity index (χ1n) is 7.87. The van der Waals surface area contributed by atoms with E-state index >= 15 is 0 Å². The van der Waals surface area contributed by atoms with Crippen molar-refractivity contribution in [1.82, 2.24) is 5.32 Å². The van der Waals surface area contributed by atoms with Crippen molar-refractivity contribution in [3.05, 3.63) is 0 Å². The van der Waals surface area contributed by atoms with E-state index in [0.29, 0.717) is 6.10 Å². The van der Waals surface area contributed by atoms with Crippen LogP contribution in [0.1, 0.15) is 51.4 Å². The van der Waals surface area contributed by atoms with E-state index in [4.69, 9.17) is 9.47 Å². The Bertz CT molecular complexity index is 296. The zero-order valence-electron chi connectivity index (χ0n) is 11.8. The van der Waals surface area contributed by atoms with Gasteiger partial charge in [0.1, 0.15) is 0 Å². The molecule has 0 radical (unpaired) electrons. The van der Waals surface area contributed by atoms with E-state index in [1.807, 2.05) is 0 Å². The molecule has 0 aromatic carbocycles. The molecule has 3 rings (SSSR count). The second-order valence-electron chi connectivity index (χ2n) is 6.60. The van der Waals surface area contributed by atoms with Crippen LogP contribution in [0.15, 0.2) is 0 Å². The van der Waals surface area contributed by atoms with Gasteiger partial charge in [-0.15, -0.1) is 0 Å². The van der Waals surface area contributed by atoms with E-state index < -0.39 is 0 Å². The molecule has 4 nitrogen and oxygen atoms in total. The molecule has 0 bridgehead atoms. The van der Waals surface area contributed by atoms with Crippen LogP contribution in [0.5, 0.6) is 0 Å². The monoisotopic (exact) mass is 269 g/mol. The number of aliphatic hydroxyl groups is 1. The number of nitrogens with one attached hydrogen (secondary N) is 1. The van der Waals surface area contributed by atoms with Crippen molar-refractivity contribution in [3.63, 3.8) is 0 Å². The van der Waals surface area contributed by atoms with Crippen LogP contribution in [0.3, 0.4) is 0 Å².